The van der Waals surface area contributed by atoms with E-state index in [1.54, 1.807) is 0 Å². The maximum atomic E-state index is 12.8. The van der Waals surface area contributed by atoms with Crippen LogP contribution in [0.15, 0.2) is 29.2 Å². The fourth-order valence-corrected chi connectivity index (χ4v) is 4.54. The number of hydrogen-bond donors (Lipinski definition) is 2. The van der Waals surface area contributed by atoms with Gasteiger partial charge in [-0.05, 0) is 50.6 Å². The predicted molar refractivity (Wildman–Crippen MR) is 88.2 cm³/mol. The smallest absolute Gasteiger partial charge is 0.373 e. The number of rotatable bonds is 3. The Morgan fingerprint density at radius 2 is 1.92 bits per heavy atom. The SMILES string of the molecule is Cl.O=S(=O)(N[C@H]1COC2(CCNCC2)C1)c1cccc(C(F)(F)F)c1. The van der Waals surface area contributed by atoms with Gasteiger partial charge in [0.05, 0.1) is 22.7 Å². The molecular formula is C15H20ClF3N2O3S. The fraction of sp³-hybridized carbons (Fsp3) is 0.600. The molecule has 1 aromatic carbocycles. The zero-order chi connectivity index (χ0) is 17.4. The molecule has 2 saturated heterocycles. The van der Waals surface area contributed by atoms with Crippen molar-refractivity contribution >= 4 is 22.4 Å². The van der Waals surface area contributed by atoms with Gasteiger partial charge in [-0.2, -0.15) is 13.2 Å². The first kappa shape index (κ1) is 20.4. The van der Waals surface area contributed by atoms with E-state index in [4.69, 9.17) is 4.74 Å². The highest BCUT2D eigenvalue weighted by molar-refractivity contribution is 7.89. The third kappa shape index (κ3) is 4.65. The molecule has 2 N–H and O–H groups in total. The summed E-state index contributed by atoms with van der Waals surface area (Å²) in [6.07, 6.45) is -2.45. The average molecular weight is 401 g/mol. The summed E-state index contributed by atoms with van der Waals surface area (Å²) in [4.78, 5) is -0.386. The van der Waals surface area contributed by atoms with Crippen LogP contribution < -0.4 is 10.0 Å². The van der Waals surface area contributed by atoms with Crippen molar-refractivity contribution in [3.8, 4) is 0 Å². The highest BCUT2D eigenvalue weighted by Crippen LogP contribution is 2.35. The minimum absolute atomic E-state index is 0. The molecular weight excluding hydrogens is 381 g/mol. The van der Waals surface area contributed by atoms with Gasteiger partial charge in [0.25, 0.3) is 0 Å². The molecule has 1 aromatic rings. The molecule has 3 rings (SSSR count). The van der Waals surface area contributed by atoms with Crippen molar-refractivity contribution in [2.24, 2.45) is 0 Å². The van der Waals surface area contributed by atoms with Crippen molar-refractivity contribution in [3.63, 3.8) is 0 Å². The van der Waals surface area contributed by atoms with Crippen molar-refractivity contribution in [3.05, 3.63) is 29.8 Å². The molecule has 5 nitrogen and oxygen atoms in total. The van der Waals surface area contributed by atoms with Crippen molar-refractivity contribution in [2.75, 3.05) is 19.7 Å². The summed E-state index contributed by atoms with van der Waals surface area (Å²) in [5, 5.41) is 3.22. The van der Waals surface area contributed by atoms with Crippen LogP contribution in [-0.4, -0.2) is 39.8 Å². The molecule has 2 fully saturated rings. The molecule has 2 aliphatic rings. The molecule has 10 heteroatoms. The standard InChI is InChI=1S/C15H19F3N2O3S.ClH/c16-15(17,18)11-2-1-3-13(8-11)24(21,22)20-12-9-14(23-10-12)4-6-19-7-5-14;/h1-3,8,12,19-20H,4-7,9-10H2;1H/t12-;/m1./s1. The predicted octanol–water partition coefficient (Wildman–Crippen LogP) is 2.32. The topological polar surface area (TPSA) is 67.4 Å². The Morgan fingerprint density at radius 3 is 2.56 bits per heavy atom. The maximum absolute atomic E-state index is 12.8. The summed E-state index contributed by atoms with van der Waals surface area (Å²) in [6.45, 7) is 1.86. The number of piperidine rings is 1. The average Bonchev–Trinajstić information content (AvgIpc) is 2.89. The van der Waals surface area contributed by atoms with E-state index in [0.29, 0.717) is 12.5 Å². The Hall–Kier alpha value is -0.870. The molecule has 2 heterocycles. The van der Waals surface area contributed by atoms with Gasteiger partial charge in [0.15, 0.2) is 0 Å². The van der Waals surface area contributed by atoms with Crippen LogP contribution in [0.2, 0.25) is 0 Å². The van der Waals surface area contributed by atoms with E-state index in [-0.39, 0.29) is 29.5 Å². The number of nitrogens with one attached hydrogen (secondary N) is 2. The highest BCUT2D eigenvalue weighted by atomic mass is 35.5. The minimum Gasteiger partial charge on any atom is -0.373 e. The molecule has 0 aromatic heterocycles. The van der Waals surface area contributed by atoms with Gasteiger partial charge in [-0.25, -0.2) is 13.1 Å². The van der Waals surface area contributed by atoms with Crippen LogP contribution in [-0.2, 0) is 20.9 Å². The van der Waals surface area contributed by atoms with Crippen molar-refractivity contribution in [2.45, 2.75) is 42.0 Å². The quantitative estimate of drug-likeness (QED) is 0.817. The lowest BCUT2D eigenvalue weighted by atomic mass is 9.88. The van der Waals surface area contributed by atoms with Gasteiger partial charge in [-0.15, -0.1) is 12.4 Å². The molecule has 1 atom stereocenters. The monoisotopic (exact) mass is 400 g/mol. The van der Waals surface area contributed by atoms with Crippen molar-refractivity contribution in [1.29, 1.82) is 0 Å². The Balaban J connectivity index is 0.00000225. The normalized spacial score (nSPS) is 23.4. The number of hydrogen-bond acceptors (Lipinski definition) is 4. The molecule has 0 unspecified atom stereocenters. The molecule has 0 radical (unpaired) electrons. The second kappa shape index (κ2) is 7.40. The molecule has 25 heavy (non-hydrogen) atoms. The van der Waals surface area contributed by atoms with Crippen LogP contribution >= 0.6 is 12.4 Å². The van der Waals surface area contributed by atoms with Crippen molar-refractivity contribution < 1.29 is 26.3 Å². The van der Waals surface area contributed by atoms with Crippen LogP contribution in [0.1, 0.15) is 24.8 Å². The summed E-state index contributed by atoms with van der Waals surface area (Å²) in [7, 11) is -4.03. The first-order valence-corrected chi connectivity index (χ1v) is 9.23. The molecule has 0 saturated carbocycles. The van der Waals surface area contributed by atoms with Crippen LogP contribution in [0.5, 0.6) is 0 Å². The summed E-state index contributed by atoms with van der Waals surface area (Å²) in [5.74, 6) is 0. The van der Waals surface area contributed by atoms with E-state index in [9.17, 15) is 21.6 Å². The minimum atomic E-state index is -4.58. The van der Waals surface area contributed by atoms with Crippen LogP contribution in [0.25, 0.3) is 0 Å². The lowest BCUT2D eigenvalue weighted by molar-refractivity contribution is -0.137. The van der Waals surface area contributed by atoms with Crippen molar-refractivity contribution in [1.82, 2.24) is 10.0 Å². The van der Waals surface area contributed by atoms with Gasteiger partial charge in [0, 0.05) is 6.04 Å². The summed E-state index contributed by atoms with van der Waals surface area (Å²) in [6, 6.07) is 3.33. The lowest BCUT2D eigenvalue weighted by Crippen LogP contribution is -2.43. The number of halogens is 4. The Morgan fingerprint density at radius 1 is 1.24 bits per heavy atom. The van der Waals surface area contributed by atoms with Crippen LogP contribution in [0.4, 0.5) is 13.2 Å². The van der Waals surface area contributed by atoms with Gasteiger partial charge >= 0.3 is 6.18 Å². The van der Waals surface area contributed by atoms with Gasteiger partial charge in [0.2, 0.25) is 10.0 Å². The summed E-state index contributed by atoms with van der Waals surface area (Å²) >= 11 is 0. The molecule has 142 valence electrons. The van der Waals surface area contributed by atoms with Gasteiger partial charge in [-0.1, -0.05) is 6.07 Å². The molecule has 1 spiro atoms. The van der Waals surface area contributed by atoms with Gasteiger partial charge in [0.1, 0.15) is 0 Å². The van der Waals surface area contributed by atoms with Crippen LogP contribution in [0.3, 0.4) is 0 Å². The maximum Gasteiger partial charge on any atom is 0.416 e. The van der Waals surface area contributed by atoms with Gasteiger partial charge in [-0.3, -0.25) is 0 Å². The second-order valence-electron chi connectivity index (χ2n) is 6.29. The number of alkyl halides is 3. The second-order valence-corrected chi connectivity index (χ2v) is 8.01. The fourth-order valence-electron chi connectivity index (χ4n) is 3.28. The largest absolute Gasteiger partial charge is 0.416 e. The Labute approximate surface area is 150 Å². The van der Waals surface area contributed by atoms with E-state index in [2.05, 4.69) is 10.0 Å². The Bertz CT molecular complexity index is 706. The molecule has 0 bridgehead atoms. The Kier molecular flexibility index (Phi) is 6.05. The molecule has 0 amide bonds. The van der Waals surface area contributed by atoms with E-state index in [1.807, 2.05) is 0 Å². The van der Waals surface area contributed by atoms with Gasteiger partial charge < -0.3 is 10.1 Å². The zero-order valence-electron chi connectivity index (χ0n) is 13.3. The van der Waals surface area contributed by atoms with E-state index in [1.165, 1.54) is 0 Å². The summed E-state index contributed by atoms with van der Waals surface area (Å²) < 4.78 is 71.3. The third-order valence-electron chi connectivity index (χ3n) is 4.52. The first-order chi connectivity index (χ1) is 11.2. The van der Waals surface area contributed by atoms with E-state index >= 15 is 0 Å². The summed E-state index contributed by atoms with van der Waals surface area (Å²) in [5.41, 5.74) is -1.31. The lowest BCUT2D eigenvalue weighted by Gasteiger charge is -2.32. The van der Waals surface area contributed by atoms with E-state index in [0.717, 1.165) is 44.1 Å². The zero-order valence-corrected chi connectivity index (χ0v) is 14.9. The highest BCUT2D eigenvalue weighted by Gasteiger charge is 2.42. The van der Waals surface area contributed by atoms with E-state index < -0.39 is 27.8 Å². The first-order valence-electron chi connectivity index (χ1n) is 7.75. The number of benzene rings is 1. The molecule has 2 aliphatic heterocycles. The number of ether oxygens (including phenoxy) is 1. The molecule has 0 aliphatic carbocycles. The number of sulfonamides is 1. The van der Waals surface area contributed by atoms with Crippen LogP contribution in [0, 0.1) is 0 Å². The third-order valence-corrected chi connectivity index (χ3v) is 6.04.